The SMILES string of the molecule is CC(Cc1ccsc1)NC(=O)C(N)C(C)C. The number of carbonyl (C=O) groups is 1. The maximum atomic E-state index is 11.7. The van der Waals surface area contributed by atoms with Crippen LogP contribution in [0.4, 0.5) is 0 Å². The van der Waals surface area contributed by atoms with E-state index in [4.69, 9.17) is 5.73 Å². The van der Waals surface area contributed by atoms with Crippen LogP contribution < -0.4 is 11.1 Å². The van der Waals surface area contributed by atoms with Crippen molar-refractivity contribution in [1.82, 2.24) is 5.32 Å². The summed E-state index contributed by atoms with van der Waals surface area (Å²) in [4.78, 5) is 11.7. The second kappa shape index (κ2) is 6.01. The predicted molar refractivity (Wildman–Crippen MR) is 68.4 cm³/mol. The van der Waals surface area contributed by atoms with E-state index in [1.165, 1.54) is 5.56 Å². The molecule has 0 saturated heterocycles. The molecule has 0 aliphatic rings. The largest absolute Gasteiger partial charge is 0.352 e. The second-order valence-corrected chi connectivity index (χ2v) is 5.30. The van der Waals surface area contributed by atoms with Gasteiger partial charge in [-0.2, -0.15) is 11.3 Å². The fraction of sp³-hybridized carbons (Fsp3) is 0.583. The van der Waals surface area contributed by atoms with E-state index in [0.29, 0.717) is 0 Å². The lowest BCUT2D eigenvalue weighted by Crippen LogP contribution is -2.47. The van der Waals surface area contributed by atoms with Crippen LogP contribution in [0.15, 0.2) is 16.8 Å². The molecule has 2 unspecified atom stereocenters. The fourth-order valence-electron chi connectivity index (χ4n) is 1.46. The summed E-state index contributed by atoms with van der Waals surface area (Å²) >= 11 is 1.67. The topological polar surface area (TPSA) is 55.1 Å². The maximum Gasteiger partial charge on any atom is 0.237 e. The third kappa shape index (κ3) is 3.94. The molecule has 1 amide bonds. The Kier molecular flexibility index (Phi) is 4.96. The van der Waals surface area contributed by atoms with E-state index in [1.807, 2.05) is 26.2 Å². The van der Waals surface area contributed by atoms with Crippen LogP contribution in [-0.2, 0) is 11.2 Å². The van der Waals surface area contributed by atoms with Crippen molar-refractivity contribution < 1.29 is 4.79 Å². The van der Waals surface area contributed by atoms with Gasteiger partial charge in [0.15, 0.2) is 0 Å². The van der Waals surface area contributed by atoms with Gasteiger partial charge in [0.1, 0.15) is 0 Å². The fourth-order valence-corrected chi connectivity index (χ4v) is 2.14. The van der Waals surface area contributed by atoms with Gasteiger partial charge in [0, 0.05) is 6.04 Å². The van der Waals surface area contributed by atoms with Crippen molar-refractivity contribution in [1.29, 1.82) is 0 Å². The number of rotatable bonds is 5. The summed E-state index contributed by atoms with van der Waals surface area (Å²) in [5, 5.41) is 7.09. The van der Waals surface area contributed by atoms with Gasteiger partial charge in [0.25, 0.3) is 0 Å². The van der Waals surface area contributed by atoms with E-state index in [9.17, 15) is 4.79 Å². The first-order valence-electron chi connectivity index (χ1n) is 5.57. The quantitative estimate of drug-likeness (QED) is 0.824. The highest BCUT2D eigenvalue weighted by Crippen LogP contribution is 2.08. The van der Waals surface area contributed by atoms with Gasteiger partial charge in [-0.1, -0.05) is 13.8 Å². The number of thiophene rings is 1. The van der Waals surface area contributed by atoms with E-state index in [-0.39, 0.29) is 17.9 Å². The van der Waals surface area contributed by atoms with Crippen LogP contribution in [0.2, 0.25) is 0 Å². The van der Waals surface area contributed by atoms with Crippen LogP contribution in [0.3, 0.4) is 0 Å². The molecule has 1 heterocycles. The molecule has 0 bridgehead atoms. The van der Waals surface area contributed by atoms with Crippen LogP contribution >= 0.6 is 11.3 Å². The first-order valence-corrected chi connectivity index (χ1v) is 6.52. The first kappa shape index (κ1) is 13.2. The molecule has 3 N–H and O–H groups in total. The maximum absolute atomic E-state index is 11.7. The van der Waals surface area contributed by atoms with E-state index < -0.39 is 6.04 Å². The molecule has 1 aromatic rings. The summed E-state index contributed by atoms with van der Waals surface area (Å²) in [6.45, 7) is 5.91. The average molecular weight is 240 g/mol. The molecule has 0 spiro atoms. The molecular weight excluding hydrogens is 220 g/mol. The Morgan fingerprint density at radius 2 is 2.19 bits per heavy atom. The van der Waals surface area contributed by atoms with E-state index in [1.54, 1.807) is 11.3 Å². The summed E-state index contributed by atoms with van der Waals surface area (Å²) in [5.74, 6) is 0.117. The highest BCUT2D eigenvalue weighted by Gasteiger charge is 2.18. The van der Waals surface area contributed by atoms with Crippen LogP contribution in [0.1, 0.15) is 26.3 Å². The van der Waals surface area contributed by atoms with Crippen molar-refractivity contribution in [3.05, 3.63) is 22.4 Å². The lowest BCUT2D eigenvalue weighted by atomic mass is 10.0. The molecule has 16 heavy (non-hydrogen) atoms. The zero-order valence-electron chi connectivity index (χ0n) is 10.1. The Morgan fingerprint density at radius 1 is 1.50 bits per heavy atom. The molecule has 1 aromatic heterocycles. The van der Waals surface area contributed by atoms with E-state index in [0.717, 1.165) is 6.42 Å². The van der Waals surface area contributed by atoms with Gasteiger partial charge in [-0.15, -0.1) is 0 Å². The molecular formula is C12H20N2OS. The minimum Gasteiger partial charge on any atom is -0.352 e. The molecule has 0 fully saturated rings. The van der Waals surface area contributed by atoms with Crippen LogP contribution in [0.5, 0.6) is 0 Å². The molecule has 1 rings (SSSR count). The molecule has 0 aliphatic heterocycles. The lowest BCUT2D eigenvalue weighted by molar-refractivity contribution is -0.123. The van der Waals surface area contributed by atoms with Gasteiger partial charge in [-0.25, -0.2) is 0 Å². The lowest BCUT2D eigenvalue weighted by Gasteiger charge is -2.19. The van der Waals surface area contributed by atoms with Crippen LogP contribution in [-0.4, -0.2) is 18.0 Å². The van der Waals surface area contributed by atoms with Crippen molar-refractivity contribution in [2.45, 2.75) is 39.3 Å². The molecule has 0 aromatic carbocycles. The number of hydrogen-bond acceptors (Lipinski definition) is 3. The average Bonchev–Trinajstić information content (AvgIpc) is 2.68. The molecule has 0 radical (unpaired) electrons. The Hall–Kier alpha value is -0.870. The van der Waals surface area contributed by atoms with Gasteiger partial charge in [0.05, 0.1) is 6.04 Å². The summed E-state index contributed by atoms with van der Waals surface area (Å²) < 4.78 is 0. The zero-order chi connectivity index (χ0) is 12.1. The summed E-state index contributed by atoms with van der Waals surface area (Å²) in [6, 6.07) is 1.80. The van der Waals surface area contributed by atoms with Crippen LogP contribution in [0, 0.1) is 5.92 Å². The molecule has 3 nitrogen and oxygen atoms in total. The number of nitrogens with one attached hydrogen (secondary N) is 1. The monoisotopic (exact) mass is 240 g/mol. The molecule has 90 valence electrons. The second-order valence-electron chi connectivity index (χ2n) is 4.52. The Balaban J connectivity index is 2.39. The number of nitrogens with two attached hydrogens (primary N) is 1. The standard InChI is InChI=1S/C12H20N2OS/c1-8(2)11(13)12(15)14-9(3)6-10-4-5-16-7-10/h4-5,7-9,11H,6,13H2,1-3H3,(H,14,15). The number of amides is 1. The third-order valence-corrected chi connectivity index (χ3v) is 3.26. The smallest absolute Gasteiger partial charge is 0.237 e. The van der Waals surface area contributed by atoms with Crippen molar-refractivity contribution in [2.75, 3.05) is 0 Å². The van der Waals surface area contributed by atoms with Gasteiger partial charge in [-0.3, -0.25) is 4.79 Å². The van der Waals surface area contributed by atoms with Gasteiger partial charge in [-0.05, 0) is 41.7 Å². The van der Waals surface area contributed by atoms with Gasteiger partial charge >= 0.3 is 0 Å². The highest BCUT2D eigenvalue weighted by molar-refractivity contribution is 7.07. The minimum atomic E-state index is -0.412. The van der Waals surface area contributed by atoms with Crippen molar-refractivity contribution in [3.63, 3.8) is 0 Å². The van der Waals surface area contributed by atoms with E-state index in [2.05, 4.69) is 16.8 Å². The molecule has 0 aliphatic carbocycles. The van der Waals surface area contributed by atoms with Crippen molar-refractivity contribution in [2.24, 2.45) is 11.7 Å². The van der Waals surface area contributed by atoms with E-state index >= 15 is 0 Å². The van der Waals surface area contributed by atoms with Crippen LogP contribution in [0.25, 0.3) is 0 Å². The predicted octanol–water partition coefficient (Wildman–Crippen LogP) is 1.78. The Bertz CT molecular complexity index is 322. The summed E-state index contributed by atoms with van der Waals surface area (Å²) in [7, 11) is 0. The van der Waals surface area contributed by atoms with Crippen molar-refractivity contribution >= 4 is 17.2 Å². The van der Waals surface area contributed by atoms with Crippen molar-refractivity contribution in [3.8, 4) is 0 Å². The Morgan fingerprint density at radius 3 is 2.69 bits per heavy atom. The molecule has 2 atom stereocenters. The Labute approximate surface area is 101 Å². The van der Waals surface area contributed by atoms with Gasteiger partial charge in [0.2, 0.25) is 5.91 Å². The third-order valence-electron chi connectivity index (χ3n) is 2.53. The number of hydrogen-bond donors (Lipinski definition) is 2. The summed E-state index contributed by atoms with van der Waals surface area (Å²) in [5.41, 5.74) is 7.03. The minimum absolute atomic E-state index is 0.0577. The normalized spacial score (nSPS) is 14.8. The van der Waals surface area contributed by atoms with Gasteiger partial charge < -0.3 is 11.1 Å². The number of carbonyl (C=O) groups excluding carboxylic acids is 1. The molecule has 0 saturated carbocycles. The zero-order valence-corrected chi connectivity index (χ0v) is 10.9. The molecule has 4 heteroatoms. The first-order chi connectivity index (χ1) is 7.50. The summed E-state index contributed by atoms with van der Waals surface area (Å²) in [6.07, 6.45) is 0.861. The highest BCUT2D eigenvalue weighted by atomic mass is 32.1.